The van der Waals surface area contributed by atoms with Gasteiger partial charge in [0.05, 0.1) is 48.4 Å². The van der Waals surface area contributed by atoms with Crippen molar-refractivity contribution in [3.63, 3.8) is 0 Å². The summed E-state index contributed by atoms with van der Waals surface area (Å²) in [5, 5.41) is 24.9. The van der Waals surface area contributed by atoms with Gasteiger partial charge < -0.3 is 19.7 Å². The van der Waals surface area contributed by atoms with Crippen molar-refractivity contribution in [3.05, 3.63) is 70.5 Å². The van der Waals surface area contributed by atoms with Gasteiger partial charge in [-0.3, -0.25) is 4.90 Å². The third-order valence-corrected chi connectivity index (χ3v) is 8.33. The second kappa shape index (κ2) is 10.6. The van der Waals surface area contributed by atoms with E-state index in [1.54, 1.807) is 6.20 Å². The van der Waals surface area contributed by atoms with Crippen LogP contribution in [0.25, 0.3) is 22.2 Å². The maximum absolute atomic E-state index is 10.1. The van der Waals surface area contributed by atoms with Gasteiger partial charge in [0.1, 0.15) is 0 Å². The summed E-state index contributed by atoms with van der Waals surface area (Å²) in [4.78, 5) is 11.7. The van der Waals surface area contributed by atoms with Crippen molar-refractivity contribution in [3.8, 4) is 17.3 Å². The van der Waals surface area contributed by atoms with Gasteiger partial charge in [-0.25, -0.2) is 9.97 Å². The number of aliphatic hydroxyl groups excluding tert-OH is 1. The van der Waals surface area contributed by atoms with Gasteiger partial charge in [0.2, 0.25) is 5.95 Å². The number of ether oxygens (including phenoxy) is 1. The molecule has 1 aliphatic heterocycles. The third-order valence-electron chi connectivity index (χ3n) is 8.11. The number of hydrogen-bond donors (Lipinski definition) is 2. The number of nitriles is 1. The molecule has 1 saturated heterocycles. The van der Waals surface area contributed by atoms with E-state index in [1.165, 1.54) is 0 Å². The zero-order chi connectivity index (χ0) is 27.0. The number of benzene rings is 2. The summed E-state index contributed by atoms with van der Waals surface area (Å²) < 4.78 is 7.69. The minimum atomic E-state index is -0.355. The summed E-state index contributed by atoms with van der Waals surface area (Å²) in [6.07, 6.45) is 5.42. The van der Waals surface area contributed by atoms with Crippen molar-refractivity contribution in [2.24, 2.45) is 0 Å². The number of aliphatic hydroxyl groups is 1. The topological polar surface area (TPSA) is 99.2 Å². The molecule has 2 aromatic carbocycles. The second-order valence-corrected chi connectivity index (χ2v) is 11.1. The first-order chi connectivity index (χ1) is 19.0. The first kappa shape index (κ1) is 25.8. The average Bonchev–Trinajstić information content (AvgIpc) is 3.53. The van der Waals surface area contributed by atoms with Gasteiger partial charge in [0.15, 0.2) is 0 Å². The average molecular weight is 543 g/mol. The number of rotatable bonds is 7. The number of aromatic nitrogens is 3. The van der Waals surface area contributed by atoms with E-state index in [9.17, 15) is 10.4 Å². The molecular weight excluding hydrogens is 512 g/mol. The summed E-state index contributed by atoms with van der Waals surface area (Å²) in [5.41, 5.74) is 5.78. The lowest BCUT2D eigenvalue weighted by molar-refractivity contribution is 0.0365. The van der Waals surface area contributed by atoms with E-state index in [1.807, 2.05) is 31.2 Å². The predicted octanol–water partition coefficient (Wildman–Crippen LogP) is 4.90. The molecule has 0 amide bonds. The third kappa shape index (κ3) is 4.99. The van der Waals surface area contributed by atoms with Crippen molar-refractivity contribution >= 4 is 34.1 Å². The lowest BCUT2D eigenvalue weighted by atomic mass is 9.83. The van der Waals surface area contributed by atoms with Gasteiger partial charge in [-0.05, 0) is 60.4 Å². The van der Waals surface area contributed by atoms with Crippen molar-refractivity contribution in [1.29, 1.82) is 5.26 Å². The molecule has 2 N–H and O–H groups in total. The Morgan fingerprint density at radius 3 is 2.82 bits per heavy atom. The molecule has 1 fully saturated rings. The number of halogens is 1. The molecule has 0 bridgehead atoms. The highest BCUT2D eigenvalue weighted by atomic mass is 35.5. The van der Waals surface area contributed by atoms with Crippen LogP contribution in [0.2, 0.25) is 5.02 Å². The molecule has 4 aromatic rings. The van der Waals surface area contributed by atoms with E-state index in [-0.39, 0.29) is 12.0 Å². The second-order valence-electron chi connectivity index (χ2n) is 10.6. The van der Waals surface area contributed by atoms with Crippen LogP contribution in [0.5, 0.6) is 0 Å². The van der Waals surface area contributed by atoms with Crippen LogP contribution in [0.1, 0.15) is 30.0 Å². The fourth-order valence-corrected chi connectivity index (χ4v) is 5.97. The largest absolute Gasteiger partial charge is 0.395 e. The van der Waals surface area contributed by atoms with Gasteiger partial charge in [-0.2, -0.15) is 5.26 Å². The van der Waals surface area contributed by atoms with Crippen molar-refractivity contribution in [1.82, 2.24) is 19.4 Å². The number of anilines is 2. The number of nitrogens with zero attached hydrogens (tertiary/aromatic N) is 5. The first-order valence-corrected chi connectivity index (χ1v) is 13.7. The molecule has 39 heavy (non-hydrogen) atoms. The molecule has 6 rings (SSSR count). The van der Waals surface area contributed by atoms with Crippen LogP contribution in [0.15, 0.2) is 48.8 Å². The van der Waals surface area contributed by atoms with Crippen LogP contribution in [0.4, 0.5) is 11.6 Å². The Bertz CT molecular complexity index is 1570. The summed E-state index contributed by atoms with van der Waals surface area (Å²) in [6.45, 7) is 7.40. The maximum Gasteiger partial charge on any atom is 0.227 e. The zero-order valence-electron chi connectivity index (χ0n) is 22.0. The van der Waals surface area contributed by atoms with E-state index < -0.39 is 0 Å². The van der Waals surface area contributed by atoms with E-state index >= 15 is 0 Å². The van der Waals surface area contributed by atoms with Crippen molar-refractivity contribution in [2.75, 3.05) is 44.8 Å². The number of morpholine rings is 1. The van der Waals surface area contributed by atoms with Gasteiger partial charge in [0.25, 0.3) is 0 Å². The number of fused-ring (bicyclic) bond motifs is 2. The molecule has 200 valence electrons. The van der Waals surface area contributed by atoms with Crippen LogP contribution in [-0.4, -0.2) is 64.0 Å². The van der Waals surface area contributed by atoms with Gasteiger partial charge in [-0.1, -0.05) is 18.5 Å². The summed E-state index contributed by atoms with van der Waals surface area (Å²) in [7, 11) is 0. The fraction of sp³-hybridized carbons (Fsp3) is 0.367. The standard InChI is InChI=1S/C30H31ClN6O2/c1-30(19-38)5-2-23-21(18-32)14-20(15-25(23)30)26-3-6-33-29(34-26)35-27-16-22(31)17-28-24(27)4-7-37(28)9-8-36-10-12-39-13-11-36/h3-4,6-7,14-17,38H,2,5,8-13,19H2,1H3,(H,33,34,35). The highest BCUT2D eigenvalue weighted by Crippen LogP contribution is 2.42. The van der Waals surface area contributed by atoms with Crippen LogP contribution in [0, 0.1) is 11.3 Å². The fourth-order valence-electron chi connectivity index (χ4n) is 5.76. The normalized spacial score (nSPS) is 19.2. The minimum Gasteiger partial charge on any atom is -0.395 e. The predicted molar refractivity (Wildman–Crippen MR) is 152 cm³/mol. The summed E-state index contributed by atoms with van der Waals surface area (Å²) >= 11 is 6.55. The Morgan fingerprint density at radius 1 is 1.18 bits per heavy atom. The molecule has 1 unspecified atom stereocenters. The minimum absolute atomic E-state index is 0.0434. The number of hydrogen-bond acceptors (Lipinski definition) is 7. The summed E-state index contributed by atoms with van der Waals surface area (Å²) in [6, 6.07) is 14.1. The SMILES string of the molecule is CC1(CO)CCc2c(C#N)cc(-c3ccnc(Nc4cc(Cl)cc5c4ccn5CCN4CCOCC4)n3)cc21. The van der Waals surface area contributed by atoms with Gasteiger partial charge in [0, 0.05) is 60.0 Å². The van der Waals surface area contributed by atoms with Crippen LogP contribution in [-0.2, 0) is 23.1 Å². The monoisotopic (exact) mass is 542 g/mol. The van der Waals surface area contributed by atoms with E-state index in [0.717, 1.165) is 85.5 Å². The lowest BCUT2D eigenvalue weighted by Crippen LogP contribution is -2.38. The molecule has 9 heteroatoms. The molecule has 1 atom stereocenters. The van der Waals surface area contributed by atoms with Crippen LogP contribution < -0.4 is 5.32 Å². The Kier molecular flexibility index (Phi) is 7.00. The van der Waals surface area contributed by atoms with Crippen molar-refractivity contribution < 1.29 is 9.84 Å². The first-order valence-electron chi connectivity index (χ1n) is 13.3. The Hall–Kier alpha value is -3.48. The van der Waals surface area contributed by atoms with Crippen LogP contribution >= 0.6 is 11.6 Å². The van der Waals surface area contributed by atoms with Gasteiger partial charge >= 0.3 is 0 Å². The quantitative estimate of drug-likeness (QED) is 0.343. The van der Waals surface area contributed by atoms with E-state index in [4.69, 9.17) is 21.3 Å². The summed E-state index contributed by atoms with van der Waals surface area (Å²) in [5.74, 6) is 0.445. The Morgan fingerprint density at radius 2 is 2.03 bits per heavy atom. The van der Waals surface area contributed by atoms with E-state index in [2.05, 4.69) is 44.2 Å². The molecule has 8 nitrogen and oxygen atoms in total. The number of nitrogens with one attached hydrogen (secondary N) is 1. The molecule has 0 saturated carbocycles. The molecule has 1 aliphatic carbocycles. The zero-order valence-corrected chi connectivity index (χ0v) is 22.7. The maximum atomic E-state index is 10.1. The smallest absolute Gasteiger partial charge is 0.227 e. The molecule has 2 aromatic heterocycles. The van der Waals surface area contributed by atoms with Crippen LogP contribution in [0.3, 0.4) is 0 Å². The molecule has 2 aliphatic rings. The molecule has 0 radical (unpaired) electrons. The molecule has 3 heterocycles. The molecular formula is C30H31ClN6O2. The highest BCUT2D eigenvalue weighted by molar-refractivity contribution is 6.32. The Balaban J connectivity index is 1.29. The molecule has 0 spiro atoms. The van der Waals surface area contributed by atoms with E-state index in [0.29, 0.717) is 22.2 Å². The van der Waals surface area contributed by atoms with Gasteiger partial charge in [-0.15, -0.1) is 0 Å². The highest BCUT2D eigenvalue weighted by Gasteiger charge is 2.35. The van der Waals surface area contributed by atoms with Crippen molar-refractivity contribution in [2.45, 2.75) is 31.7 Å². The lowest BCUT2D eigenvalue weighted by Gasteiger charge is -2.26. The Labute approximate surface area is 232 Å².